The maximum absolute atomic E-state index is 12.5. The van der Waals surface area contributed by atoms with Gasteiger partial charge in [0.2, 0.25) is 0 Å². The molecule has 24 heavy (non-hydrogen) atoms. The molecule has 6 nitrogen and oxygen atoms in total. The molecule has 1 aliphatic rings. The fraction of sp³-hybridized carbons (Fsp3) is 0.412. The maximum atomic E-state index is 12.5. The Labute approximate surface area is 145 Å². The van der Waals surface area contributed by atoms with Gasteiger partial charge in [-0.25, -0.2) is 0 Å². The largest absolute Gasteiger partial charge is 0.490 e. The Morgan fingerprint density at radius 1 is 1.33 bits per heavy atom. The van der Waals surface area contributed by atoms with Crippen LogP contribution in [0.15, 0.2) is 18.2 Å². The second-order valence-corrected chi connectivity index (χ2v) is 6.18. The number of amides is 1. The van der Waals surface area contributed by atoms with Gasteiger partial charge in [-0.1, -0.05) is 17.7 Å². The number of nitrogens with one attached hydrogen (secondary N) is 1. The number of carbonyl (C=O) groups excluding carboxylic acids is 1. The minimum atomic E-state index is -0.245. The number of benzene rings is 1. The van der Waals surface area contributed by atoms with Crippen molar-refractivity contribution in [3.8, 4) is 11.5 Å². The quantitative estimate of drug-likeness (QED) is 0.925. The first-order valence-electron chi connectivity index (χ1n) is 7.87. The van der Waals surface area contributed by atoms with Crippen LogP contribution in [0.5, 0.6) is 11.5 Å². The van der Waals surface area contributed by atoms with Gasteiger partial charge in [0.15, 0.2) is 11.5 Å². The molecular formula is C17H20ClN3O3. The van der Waals surface area contributed by atoms with Gasteiger partial charge in [-0.15, -0.1) is 0 Å². The molecule has 2 aromatic rings. The molecule has 1 aromatic heterocycles. The molecule has 0 radical (unpaired) electrons. The summed E-state index contributed by atoms with van der Waals surface area (Å²) >= 11 is 6.15. The van der Waals surface area contributed by atoms with Crippen molar-refractivity contribution < 1.29 is 14.3 Å². The molecule has 3 rings (SSSR count). The molecule has 1 atom stereocenters. The average molecular weight is 350 g/mol. The molecule has 128 valence electrons. The second kappa shape index (κ2) is 6.73. The van der Waals surface area contributed by atoms with E-state index in [-0.39, 0.29) is 11.9 Å². The van der Waals surface area contributed by atoms with E-state index in [1.54, 1.807) is 14.0 Å². The second-order valence-electron chi connectivity index (χ2n) is 5.83. The Balaban J connectivity index is 1.78. The van der Waals surface area contributed by atoms with Gasteiger partial charge >= 0.3 is 0 Å². The average Bonchev–Trinajstić information content (AvgIpc) is 2.72. The number of carbonyl (C=O) groups is 1. The highest BCUT2D eigenvalue weighted by molar-refractivity contribution is 6.33. The lowest BCUT2D eigenvalue weighted by molar-refractivity contribution is 0.0939. The number of ether oxygens (including phenoxy) is 2. The SMILES string of the molecule is Cc1nn(C)c(Cl)c1C(=O)N[C@H](C)c1ccc2c(c1)OCCCO2. The van der Waals surface area contributed by atoms with Gasteiger partial charge in [0.05, 0.1) is 30.5 Å². The van der Waals surface area contributed by atoms with E-state index >= 15 is 0 Å². The van der Waals surface area contributed by atoms with Crippen LogP contribution in [0.1, 0.15) is 41.0 Å². The number of fused-ring (bicyclic) bond motifs is 1. The minimum Gasteiger partial charge on any atom is -0.490 e. The van der Waals surface area contributed by atoms with Crippen molar-refractivity contribution >= 4 is 17.5 Å². The van der Waals surface area contributed by atoms with Crippen molar-refractivity contribution in [2.24, 2.45) is 7.05 Å². The Morgan fingerprint density at radius 3 is 2.71 bits per heavy atom. The first-order chi connectivity index (χ1) is 11.5. The van der Waals surface area contributed by atoms with Crippen molar-refractivity contribution in [1.82, 2.24) is 15.1 Å². The van der Waals surface area contributed by atoms with Crippen molar-refractivity contribution in [1.29, 1.82) is 0 Å². The summed E-state index contributed by atoms with van der Waals surface area (Å²) in [7, 11) is 1.71. The van der Waals surface area contributed by atoms with E-state index in [2.05, 4.69) is 10.4 Å². The summed E-state index contributed by atoms with van der Waals surface area (Å²) in [6.45, 7) is 4.95. The molecule has 1 aromatic carbocycles. The molecule has 1 N–H and O–H groups in total. The van der Waals surface area contributed by atoms with Crippen LogP contribution in [0, 0.1) is 6.92 Å². The summed E-state index contributed by atoms with van der Waals surface area (Å²) in [6, 6.07) is 5.51. The van der Waals surface area contributed by atoms with Gasteiger partial charge in [0.1, 0.15) is 5.15 Å². The maximum Gasteiger partial charge on any atom is 0.256 e. The zero-order chi connectivity index (χ0) is 17.3. The van der Waals surface area contributed by atoms with Gasteiger partial charge in [-0.05, 0) is 31.5 Å². The highest BCUT2D eigenvalue weighted by Gasteiger charge is 2.21. The molecule has 1 aliphatic heterocycles. The molecule has 2 heterocycles. The first kappa shape index (κ1) is 16.6. The minimum absolute atomic E-state index is 0.203. The van der Waals surface area contributed by atoms with Crippen molar-refractivity contribution in [2.45, 2.75) is 26.3 Å². The fourth-order valence-corrected chi connectivity index (χ4v) is 2.95. The number of hydrogen-bond donors (Lipinski definition) is 1. The van der Waals surface area contributed by atoms with Crippen molar-refractivity contribution in [3.63, 3.8) is 0 Å². The Morgan fingerprint density at radius 2 is 2.04 bits per heavy atom. The van der Waals surface area contributed by atoms with Gasteiger partial charge in [-0.3, -0.25) is 9.48 Å². The van der Waals surface area contributed by atoms with Crippen LogP contribution < -0.4 is 14.8 Å². The number of rotatable bonds is 3. The number of aromatic nitrogens is 2. The lowest BCUT2D eigenvalue weighted by Crippen LogP contribution is -2.27. The molecule has 0 saturated carbocycles. The summed E-state index contributed by atoms with van der Waals surface area (Å²) in [6.07, 6.45) is 0.856. The van der Waals surface area contributed by atoms with Crippen molar-refractivity contribution in [2.75, 3.05) is 13.2 Å². The predicted octanol–water partition coefficient (Wildman–Crippen LogP) is 3.03. The standard InChI is InChI=1S/C17H20ClN3O3/c1-10(19-17(22)15-11(2)20-21(3)16(15)18)12-5-6-13-14(9-12)24-8-4-7-23-13/h5-6,9-10H,4,7-8H2,1-3H3,(H,19,22)/t10-/m1/s1. The highest BCUT2D eigenvalue weighted by atomic mass is 35.5. The van der Waals surface area contributed by atoms with Crippen LogP contribution in [0.3, 0.4) is 0 Å². The molecule has 0 fully saturated rings. The summed E-state index contributed by atoms with van der Waals surface area (Å²) in [5.41, 5.74) is 1.94. The molecular weight excluding hydrogens is 330 g/mol. The zero-order valence-electron chi connectivity index (χ0n) is 13.9. The smallest absolute Gasteiger partial charge is 0.256 e. The molecule has 0 bridgehead atoms. The molecule has 1 amide bonds. The summed E-state index contributed by atoms with van der Waals surface area (Å²) in [5, 5.41) is 7.45. The van der Waals surface area contributed by atoms with Crippen LogP contribution in [0.25, 0.3) is 0 Å². The number of halogens is 1. The van der Waals surface area contributed by atoms with E-state index in [0.717, 1.165) is 17.7 Å². The van der Waals surface area contributed by atoms with Crippen LogP contribution in [-0.4, -0.2) is 28.9 Å². The van der Waals surface area contributed by atoms with Crippen LogP contribution in [0.2, 0.25) is 5.15 Å². The summed E-state index contributed by atoms with van der Waals surface area (Å²) in [4.78, 5) is 12.5. The van der Waals surface area contributed by atoms with E-state index in [1.165, 1.54) is 4.68 Å². The van der Waals surface area contributed by atoms with Gasteiger partial charge in [0.25, 0.3) is 5.91 Å². The molecule has 0 saturated heterocycles. The fourth-order valence-electron chi connectivity index (χ4n) is 2.69. The Kier molecular flexibility index (Phi) is 4.66. The summed E-state index contributed by atoms with van der Waals surface area (Å²) in [5.74, 6) is 1.20. The lowest BCUT2D eigenvalue weighted by atomic mass is 10.1. The molecule has 0 spiro atoms. The normalized spacial score (nSPS) is 14.8. The predicted molar refractivity (Wildman–Crippen MR) is 90.9 cm³/mol. The van der Waals surface area contributed by atoms with E-state index in [9.17, 15) is 4.79 Å². The van der Waals surface area contributed by atoms with Crippen LogP contribution in [0.4, 0.5) is 0 Å². The third-order valence-electron chi connectivity index (χ3n) is 4.00. The lowest BCUT2D eigenvalue weighted by Gasteiger charge is -2.16. The monoisotopic (exact) mass is 349 g/mol. The number of aryl methyl sites for hydroxylation is 2. The van der Waals surface area contributed by atoms with Crippen molar-refractivity contribution in [3.05, 3.63) is 40.2 Å². The molecule has 7 heteroatoms. The highest BCUT2D eigenvalue weighted by Crippen LogP contribution is 2.32. The van der Waals surface area contributed by atoms with E-state index in [1.807, 2.05) is 25.1 Å². The van der Waals surface area contributed by atoms with E-state index in [4.69, 9.17) is 21.1 Å². The van der Waals surface area contributed by atoms with Crippen LogP contribution in [-0.2, 0) is 7.05 Å². The van der Waals surface area contributed by atoms with E-state index in [0.29, 0.717) is 35.4 Å². The molecule has 0 unspecified atom stereocenters. The third kappa shape index (κ3) is 3.19. The van der Waals surface area contributed by atoms with Gasteiger partial charge in [-0.2, -0.15) is 5.10 Å². The number of hydrogen-bond acceptors (Lipinski definition) is 4. The van der Waals surface area contributed by atoms with Gasteiger partial charge < -0.3 is 14.8 Å². The zero-order valence-corrected chi connectivity index (χ0v) is 14.7. The van der Waals surface area contributed by atoms with E-state index < -0.39 is 0 Å². The van der Waals surface area contributed by atoms with Crippen LogP contribution >= 0.6 is 11.6 Å². The summed E-state index contributed by atoms with van der Waals surface area (Å²) < 4.78 is 12.8. The Bertz CT molecular complexity index is 773. The molecule has 0 aliphatic carbocycles. The Hall–Kier alpha value is -2.21. The number of nitrogens with zero attached hydrogens (tertiary/aromatic N) is 2. The van der Waals surface area contributed by atoms with Gasteiger partial charge in [0, 0.05) is 13.5 Å². The first-order valence-corrected chi connectivity index (χ1v) is 8.24. The third-order valence-corrected chi connectivity index (χ3v) is 4.43. The topological polar surface area (TPSA) is 65.4 Å².